The maximum atomic E-state index is 9.03. The Kier molecular flexibility index (Phi) is 14.6. The molecular weight excluding hydrogens is 168 g/mol. The molecule has 0 aliphatic rings. The molecular formula is C6H13O6-. The van der Waals surface area contributed by atoms with Crippen molar-refractivity contribution in [1.29, 1.82) is 0 Å². The van der Waals surface area contributed by atoms with Crippen molar-refractivity contribution in [2.75, 3.05) is 33.5 Å². The fourth-order valence-electron chi connectivity index (χ4n) is 0.231. The molecule has 0 aliphatic heterocycles. The van der Waals surface area contributed by atoms with Gasteiger partial charge < -0.3 is 29.6 Å². The van der Waals surface area contributed by atoms with Gasteiger partial charge in [0.2, 0.25) is 0 Å². The molecule has 0 amide bonds. The quantitative estimate of drug-likeness (QED) is 0.383. The van der Waals surface area contributed by atoms with Crippen LogP contribution in [-0.2, 0) is 9.47 Å². The summed E-state index contributed by atoms with van der Waals surface area (Å²) in [6, 6.07) is 0. The topological polar surface area (TPSA) is 99.1 Å². The van der Waals surface area contributed by atoms with E-state index in [9.17, 15) is 0 Å². The summed E-state index contributed by atoms with van der Waals surface area (Å²) >= 11 is 0. The molecule has 0 atom stereocenters. The van der Waals surface area contributed by atoms with Gasteiger partial charge in [-0.15, -0.1) is 0 Å². The predicted octanol–water partition coefficient (Wildman–Crippen LogP) is -2.04. The second kappa shape index (κ2) is 12.8. The number of carbonyl (C=O) groups excluding carboxylic acids is 1. The lowest BCUT2D eigenvalue weighted by Crippen LogP contribution is -2.21. The maximum Gasteiger partial charge on any atom is 0.251 e. The zero-order valence-electron chi connectivity index (χ0n) is 6.86. The number of carboxylic acid groups (broad SMARTS) is 1. The molecule has 0 rings (SSSR count). The second-order valence-corrected chi connectivity index (χ2v) is 1.51. The Bertz CT molecular complexity index is 90.0. The average molecular weight is 181 g/mol. The minimum absolute atomic E-state index is 0.0278. The van der Waals surface area contributed by atoms with Crippen LogP contribution in [-0.4, -0.2) is 49.9 Å². The standard InChI is InChI=1S/C4H10O3.C2H4O3/c5-1-3-7-4-2-6;1-5-2(3)4/h5-6H,1-4H2;1H3,(H,3,4)/p-1. The van der Waals surface area contributed by atoms with Gasteiger partial charge in [-0.3, -0.25) is 0 Å². The number of methoxy groups -OCH3 is 1. The van der Waals surface area contributed by atoms with Crippen molar-refractivity contribution in [2.24, 2.45) is 0 Å². The van der Waals surface area contributed by atoms with Crippen LogP contribution in [0.1, 0.15) is 0 Å². The van der Waals surface area contributed by atoms with E-state index in [1.54, 1.807) is 0 Å². The van der Waals surface area contributed by atoms with E-state index in [4.69, 9.17) is 20.1 Å². The molecule has 6 heteroatoms. The molecule has 12 heavy (non-hydrogen) atoms. The SMILES string of the molecule is COC(=O)[O-].OCCOCCO. The van der Waals surface area contributed by atoms with Crippen LogP contribution in [0.3, 0.4) is 0 Å². The minimum Gasteiger partial charge on any atom is -0.553 e. The van der Waals surface area contributed by atoms with E-state index in [2.05, 4.69) is 9.47 Å². The summed E-state index contributed by atoms with van der Waals surface area (Å²) in [4.78, 5) is 9.03. The van der Waals surface area contributed by atoms with Gasteiger partial charge in [-0.25, -0.2) is 0 Å². The van der Waals surface area contributed by atoms with E-state index in [0.29, 0.717) is 13.2 Å². The molecule has 0 unspecified atom stereocenters. The largest absolute Gasteiger partial charge is 0.553 e. The van der Waals surface area contributed by atoms with Crippen molar-refractivity contribution in [3.63, 3.8) is 0 Å². The summed E-state index contributed by atoms with van der Waals surface area (Å²) in [6.45, 7) is 0.696. The van der Waals surface area contributed by atoms with Gasteiger partial charge in [0.1, 0.15) is 0 Å². The molecule has 0 saturated carbocycles. The van der Waals surface area contributed by atoms with E-state index >= 15 is 0 Å². The number of ether oxygens (including phenoxy) is 2. The lowest BCUT2D eigenvalue weighted by molar-refractivity contribution is -0.279. The summed E-state index contributed by atoms with van der Waals surface area (Å²) in [6.07, 6.45) is -1.50. The lowest BCUT2D eigenvalue weighted by Gasteiger charge is -1.94. The number of carbonyl (C=O) groups is 1. The van der Waals surface area contributed by atoms with Gasteiger partial charge in [0, 0.05) is 7.11 Å². The first-order valence-corrected chi connectivity index (χ1v) is 3.23. The molecule has 0 radical (unpaired) electrons. The summed E-state index contributed by atoms with van der Waals surface area (Å²) in [5.41, 5.74) is 0. The zero-order chi connectivity index (χ0) is 9.82. The van der Waals surface area contributed by atoms with Crippen LogP contribution in [0.5, 0.6) is 0 Å². The highest BCUT2D eigenvalue weighted by Gasteiger charge is 1.79. The maximum absolute atomic E-state index is 9.03. The average Bonchev–Trinajstić information content (AvgIpc) is 2.07. The fourth-order valence-corrected chi connectivity index (χ4v) is 0.231. The van der Waals surface area contributed by atoms with E-state index in [1.807, 2.05) is 0 Å². The van der Waals surface area contributed by atoms with Crippen LogP contribution in [0.4, 0.5) is 4.79 Å². The van der Waals surface area contributed by atoms with Crippen molar-refractivity contribution < 1.29 is 29.6 Å². The van der Waals surface area contributed by atoms with E-state index < -0.39 is 6.16 Å². The van der Waals surface area contributed by atoms with Gasteiger partial charge >= 0.3 is 0 Å². The summed E-state index contributed by atoms with van der Waals surface area (Å²) in [5, 5.41) is 25.2. The van der Waals surface area contributed by atoms with E-state index in [0.717, 1.165) is 7.11 Å². The van der Waals surface area contributed by atoms with Gasteiger partial charge in [-0.2, -0.15) is 0 Å². The number of rotatable bonds is 4. The third kappa shape index (κ3) is 22.9. The Labute approximate surface area is 70.3 Å². The molecule has 0 bridgehead atoms. The molecule has 6 nitrogen and oxygen atoms in total. The van der Waals surface area contributed by atoms with Crippen LogP contribution in [0.2, 0.25) is 0 Å². The van der Waals surface area contributed by atoms with Crippen LogP contribution < -0.4 is 5.11 Å². The van der Waals surface area contributed by atoms with E-state index in [1.165, 1.54) is 0 Å². The minimum atomic E-state index is -1.50. The number of hydrogen-bond acceptors (Lipinski definition) is 6. The Morgan fingerprint density at radius 1 is 1.33 bits per heavy atom. The molecule has 2 N–H and O–H groups in total. The first-order valence-electron chi connectivity index (χ1n) is 3.23. The summed E-state index contributed by atoms with van der Waals surface area (Å²) in [5.74, 6) is 0. The van der Waals surface area contributed by atoms with Crippen LogP contribution >= 0.6 is 0 Å². The van der Waals surface area contributed by atoms with Crippen molar-refractivity contribution >= 4 is 6.16 Å². The molecule has 0 aromatic carbocycles. The lowest BCUT2D eigenvalue weighted by atomic mass is 10.7. The highest BCUT2D eigenvalue weighted by molar-refractivity contribution is 5.53. The second-order valence-electron chi connectivity index (χ2n) is 1.51. The third-order valence-electron chi connectivity index (χ3n) is 0.638. The number of aliphatic hydroxyl groups is 2. The normalized spacial score (nSPS) is 8.25. The van der Waals surface area contributed by atoms with Crippen molar-refractivity contribution in [2.45, 2.75) is 0 Å². The van der Waals surface area contributed by atoms with Crippen molar-refractivity contribution in [1.82, 2.24) is 0 Å². The number of hydrogen-bond donors (Lipinski definition) is 2. The van der Waals surface area contributed by atoms with E-state index in [-0.39, 0.29) is 13.2 Å². The van der Waals surface area contributed by atoms with Crippen molar-refractivity contribution in [3.8, 4) is 0 Å². The van der Waals surface area contributed by atoms with Gasteiger partial charge in [0.15, 0.2) is 0 Å². The molecule has 0 aromatic heterocycles. The van der Waals surface area contributed by atoms with Crippen LogP contribution in [0, 0.1) is 0 Å². The van der Waals surface area contributed by atoms with Gasteiger partial charge in [-0.1, -0.05) is 0 Å². The highest BCUT2D eigenvalue weighted by Crippen LogP contribution is 1.68. The predicted molar refractivity (Wildman–Crippen MR) is 37.4 cm³/mol. The first-order chi connectivity index (χ1) is 5.68. The van der Waals surface area contributed by atoms with Gasteiger partial charge in [-0.05, 0) is 0 Å². The van der Waals surface area contributed by atoms with Crippen molar-refractivity contribution in [3.05, 3.63) is 0 Å². The first kappa shape index (κ1) is 13.7. The zero-order valence-corrected chi connectivity index (χ0v) is 6.86. The molecule has 0 heterocycles. The molecule has 0 spiro atoms. The van der Waals surface area contributed by atoms with Gasteiger partial charge in [0.05, 0.1) is 26.4 Å². The Morgan fingerprint density at radius 3 is 1.83 bits per heavy atom. The van der Waals surface area contributed by atoms with Gasteiger partial charge in [0.25, 0.3) is 6.16 Å². The fraction of sp³-hybridized carbons (Fsp3) is 0.833. The Morgan fingerprint density at radius 2 is 1.67 bits per heavy atom. The Hall–Kier alpha value is -0.850. The molecule has 0 fully saturated rings. The molecule has 0 aromatic rings. The van der Waals surface area contributed by atoms with Crippen LogP contribution in [0.15, 0.2) is 0 Å². The monoisotopic (exact) mass is 181 g/mol. The van der Waals surface area contributed by atoms with Crippen LogP contribution in [0.25, 0.3) is 0 Å². The molecule has 74 valence electrons. The summed E-state index contributed by atoms with van der Waals surface area (Å²) in [7, 11) is 1.04. The Balaban J connectivity index is 0. The summed E-state index contributed by atoms with van der Waals surface area (Å²) < 4.78 is 8.19. The third-order valence-corrected chi connectivity index (χ3v) is 0.638. The smallest absolute Gasteiger partial charge is 0.251 e. The number of aliphatic hydroxyl groups excluding tert-OH is 2. The molecule has 0 aliphatic carbocycles. The molecule has 0 saturated heterocycles. The highest BCUT2D eigenvalue weighted by atomic mass is 16.6.